The van der Waals surface area contributed by atoms with Crippen molar-refractivity contribution < 1.29 is 8.78 Å². The molecule has 0 aliphatic heterocycles. The summed E-state index contributed by atoms with van der Waals surface area (Å²) in [6.45, 7) is 1.20. The van der Waals surface area contributed by atoms with Crippen molar-refractivity contribution in [2.45, 2.75) is 12.8 Å². The molecule has 0 aliphatic carbocycles. The molecule has 0 saturated heterocycles. The number of aliphatic imine (C=N–C) groups is 1. The summed E-state index contributed by atoms with van der Waals surface area (Å²) < 4.78 is 26.2. The summed E-state index contributed by atoms with van der Waals surface area (Å²) in [6.07, 6.45) is 3.01. The number of aromatic nitrogens is 1. The average molecular weight is 353 g/mol. The second-order valence-corrected chi connectivity index (χ2v) is 5.58. The van der Waals surface area contributed by atoms with Crippen molar-refractivity contribution in [3.63, 3.8) is 0 Å². The third kappa shape index (κ3) is 6.12. The van der Waals surface area contributed by atoms with Gasteiger partial charge in [-0.3, -0.25) is 4.99 Å². The number of pyridine rings is 1. The third-order valence-electron chi connectivity index (χ3n) is 3.35. The van der Waals surface area contributed by atoms with Crippen LogP contribution in [-0.4, -0.2) is 31.1 Å². The molecule has 0 fully saturated rings. The topological polar surface area (TPSA) is 49.3 Å². The number of hydrogen-bond acceptors (Lipinski definition) is 2. The Balaban J connectivity index is 1.73. The number of halogens is 3. The zero-order valence-corrected chi connectivity index (χ0v) is 14.1. The van der Waals surface area contributed by atoms with Gasteiger partial charge in [0, 0.05) is 32.4 Å². The van der Waals surface area contributed by atoms with E-state index in [-0.39, 0.29) is 0 Å². The summed E-state index contributed by atoms with van der Waals surface area (Å²) in [7, 11) is 1.67. The van der Waals surface area contributed by atoms with E-state index < -0.39 is 11.6 Å². The van der Waals surface area contributed by atoms with Crippen LogP contribution in [0.15, 0.2) is 41.5 Å². The van der Waals surface area contributed by atoms with Gasteiger partial charge in [-0.15, -0.1) is 0 Å². The van der Waals surface area contributed by atoms with Crippen molar-refractivity contribution in [3.05, 3.63) is 64.4 Å². The molecule has 0 atom stereocenters. The number of nitrogens with zero attached hydrogens (tertiary/aromatic N) is 2. The Labute approximate surface area is 145 Å². The first-order valence-electron chi connectivity index (χ1n) is 7.57. The standard InChI is InChI=1S/C17H19ClF2N4/c1-21-17(22-6-4-12-2-3-16(18)24-11-12)23-7-5-13-8-14(19)10-15(20)9-13/h2-3,8-11H,4-7H2,1H3,(H2,21,22,23). The molecule has 0 saturated carbocycles. The van der Waals surface area contributed by atoms with E-state index in [9.17, 15) is 8.78 Å². The van der Waals surface area contributed by atoms with Gasteiger partial charge in [-0.05, 0) is 42.2 Å². The minimum absolute atomic E-state index is 0.470. The van der Waals surface area contributed by atoms with Crippen molar-refractivity contribution in [2.75, 3.05) is 20.1 Å². The van der Waals surface area contributed by atoms with E-state index in [1.165, 1.54) is 12.1 Å². The molecule has 0 radical (unpaired) electrons. The monoisotopic (exact) mass is 352 g/mol. The summed E-state index contributed by atoms with van der Waals surface area (Å²) in [5.74, 6) is -0.498. The summed E-state index contributed by atoms with van der Waals surface area (Å²) >= 11 is 5.74. The molecular formula is C17H19ClF2N4. The van der Waals surface area contributed by atoms with Gasteiger partial charge >= 0.3 is 0 Å². The van der Waals surface area contributed by atoms with E-state index in [2.05, 4.69) is 20.6 Å². The van der Waals surface area contributed by atoms with E-state index in [1.807, 2.05) is 6.07 Å². The van der Waals surface area contributed by atoms with Gasteiger partial charge in [0.15, 0.2) is 5.96 Å². The van der Waals surface area contributed by atoms with Gasteiger partial charge in [-0.2, -0.15) is 0 Å². The van der Waals surface area contributed by atoms with Crippen molar-refractivity contribution in [1.82, 2.24) is 15.6 Å². The van der Waals surface area contributed by atoms with Crippen LogP contribution in [0, 0.1) is 11.6 Å². The molecule has 4 nitrogen and oxygen atoms in total. The van der Waals surface area contributed by atoms with Gasteiger partial charge in [0.1, 0.15) is 16.8 Å². The quantitative estimate of drug-likeness (QED) is 0.477. The first kappa shape index (κ1) is 18.1. The average Bonchev–Trinajstić information content (AvgIpc) is 2.54. The Morgan fingerprint density at radius 1 is 1.04 bits per heavy atom. The first-order valence-corrected chi connectivity index (χ1v) is 7.94. The van der Waals surface area contributed by atoms with E-state index in [4.69, 9.17) is 11.6 Å². The highest BCUT2D eigenvalue weighted by Gasteiger charge is 2.02. The third-order valence-corrected chi connectivity index (χ3v) is 3.57. The smallest absolute Gasteiger partial charge is 0.190 e. The molecule has 2 aromatic rings. The molecule has 2 N–H and O–H groups in total. The van der Waals surface area contributed by atoms with Gasteiger partial charge in [-0.1, -0.05) is 17.7 Å². The lowest BCUT2D eigenvalue weighted by atomic mass is 10.1. The highest BCUT2D eigenvalue weighted by Crippen LogP contribution is 2.08. The Hall–Kier alpha value is -2.21. The van der Waals surface area contributed by atoms with Crippen molar-refractivity contribution >= 4 is 17.6 Å². The van der Waals surface area contributed by atoms with Crippen LogP contribution in [0.25, 0.3) is 0 Å². The van der Waals surface area contributed by atoms with E-state index >= 15 is 0 Å². The maximum absolute atomic E-state index is 13.1. The van der Waals surface area contributed by atoms with Crippen LogP contribution in [-0.2, 0) is 12.8 Å². The van der Waals surface area contributed by atoms with Gasteiger partial charge < -0.3 is 10.6 Å². The number of rotatable bonds is 6. The largest absolute Gasteiger partial charge is 0.356 e. The zero-order valence-electron chi connectivity index (χ0n) is 13.3. The number of guanidine groups is 1. The molecule has 24 heavy (non-hydrogen) atoms. The van der Waals surface area contributed by atoms with Gasteiger partial charge in [-0.25, -0.2) is 13.8 Å². The van der Waals surface area contributed by atoms with Gasteiger partial charge in [0.25, 0.3) is 0 Å². The zero-order chi connectivity index (χ0) is 17.4. The summed E-state index contributed by atoms with van der Waals surface area (Å²) in [6, 6.07) is 7.19. The fourth-order valence-corrected chi connectivity index (χ4v) is 2.29. The normalized spacial score (nSPS) is 11.4. The maximum atomic E-state index is 13.1. The fourth-order valence-electron chi connectivity index (χ4n) is 2.18. The number of hydrogen-bond donors (Lipinski definition) is 2. The van der Waals surface area contributed by atoms with E-state index in [1.54, 1.807) is 19.3 Å². The molecule has 128 valence electrons. The van der Waals surface area contributed by atoms with Crippen LogP contribution in [0.3, 0.4) is 0 Å². The van der Waals surface area contributed by atoms with Crippen molar-refractivity contribution in [3.8, 4) is 0 Å². The maximum Gasteiger partial charge on any atom is 0.190 e. The molecule has 1 aromatic carbocycles. The lowest BCUT2D eigenvalue weighted by Gasteiger charge is -2.12. The molecule has 0 aliphatic rings. The summed E-state index contributed by atoms with van der Waals surface area (Å²) in [5, 5.41) is 6.75. The van der Waals surface area contributed by atoms with Crippen LogP contribution in [0.5, 0.6) is 0 Å². The second kappa shape index (κ2) is 9.17. The number of nitrogens with one attached hydrogen (secondary N) is 2. The lowest BCUT2D eigenvalue weighted by Crippen LogP contribution is -2.39. The SMILES string of the molecule is CN=C(NCCc1ccc(Cl)nc1)NCCc1cc(F)cc(F)c1. The molecule has 7 heteroatoms. The Bertz CT molecular complexity index is 669. The van der Waals surface area contributed by atoms with Crippen molar-refractivity contribution in [1.29, 1.82) is 0 Å². The minimum atomic E-state index is -0.566. The van der Waals surface area contributed by atoms with Gasteiger partial charge in [0.2, 0.25) is 0 Å². The van der Waals surface area contributed by atoms with Gasteiger partial charge in [0.05, 0.1) is 0 Å². The summed E-state index contributed by atoms with van der Waals surface area (Å²) in [4.78, 5) is 8.13. The minimum Gasteiger partial charge on any atom is -0.356 e. The van der Waals surface area contributed by atoms with Crippen LogP contribution >= 0.6 is 11.6 Å². The predicted octanol–water partition coefficient (Wildman–Crippen LogP) is 2.96. The molecule has 1 heterocycles. The van der Waals surface area contributed by atoms with E-state index in [0.29, 0.717) is 36.2 Å². The molecule has 0 bridgehead atoms. The lowest BCUT2D eigenvalue weighted by molar-refractivity contribution is 0.579. The van der Waals surface area contributed by atoms with E-state index in [0.717, 1.165) is 18.1 Å². The molecule has 1 aromatic heterocycles. The van der Waals surface area contributed by atoms with Crippen molar-refractivity contribution in [2.24, 2.45) is 4.99 Å². The Kier molecular flexibility index (Phi) is 6.93. The molecule has 0 spiro atoms. The van der Waals surface area contributed by atoms with Crippen LogP contribution in [0.4, 0.5) is 8.78 Å². The fraction of sp³-hybridized carbons (Fsp3) is 0.294. The molecule has 2 rings (SSSR count). The second-order valence-electron chi connectivity index (χ2n) is 5.19. The first-order chi connectivity index (χ1) is 11.6. The predicted molar refractivity (Wildman–Crippen MR) is 92.4 cm³/mol. The highest BCUT2D eigenvalue weighted by atomic mass is 35.5. The summed E-state index contributed by atoms with van der Waals surface area (Å²) in [5.41, 5.74) is 1.67. The van der Waals surface area contributed by atoms with Crippen LogP contribution in [0.2, 0.25) is 5.15 Å². The molecule has 0 unspecified atom stereocenters. The number of benzene rings is 1. The Morgan fingerprint density at radius 3 is 2.21 bits per heavy atom. The van der Waals surface area contributed by atoms with Crippen LogP contribution < -0.4 is 10.6 Å². The van der Waals surface area contributed by atoms with Crippen LogP contribution in [0.1, 0.15) is 11.1 Å². The molecular weight excluding hydrogens is 334 g/mol. The Morgan fingerprint density at radius 2 is 1.67 bits per heavy atom. The highest BCUT2D eigenvalue weighted by molar-refractivity contribution is 6.29. The molecule has 0 amide bonds.